The Bertz CT molecular complexity index is 383. The number of hydrogen-bond donors (Lipinski definition) is 1. The molecule has 0 heterocycles. The fourth-order valence-electron chi connectivity index (χ4n) is 1.24. The first kappa shape index (κ1) is 12.3. The van der Waals surface area contributed by atoms with Gasteiger partial charge in [0.25, 0.3) is 0 Å². The van der Waals surface area contributed by atoms with Crippen molar-refractivity contribution in [1.82, 2.24) is 0 Å². The monoisotopic (exact) mass is 220 g/mol. The molecule has 0 aliphatic rings. The topological polar surface area (TPSA) is 38.7 Å². The smallest absolute Gasteiger partial charge is 0.161 e. The molecule has 1 rings (SSSR count). The highest BCUT2D eigenvalue weighted by molar-refractivity contribution is 5.56. The number of hydrogen-bond acceptors (Lipinski definition) is 3. The highest BCUT2D eigenvalue weighted by Crippen LogP contribution is 2.27. The van der Waals surface area contributed by atoms with Crippen molar-refractivity contribution >= 4 is 6.08 Å². The summed E-state index contributed by atoms with van der Waals surface area (Å²) in [4.78, 5) is 0. The van der Waals surface area contributed by atoms with E-state index in [9.17, 15) is 5.11 Å². The first-order chi connectivity index (χ1) is 7.71. The van der Waals surface area contributed by atoms with E-state index in [4.69, 9.17) is 9.47 Å². The number of rotatable bonds is 5. The average Bonchev–Trinajstić information content (AvgIpc) is 2.35. The normalized spacial score (nSPS) is 12.4. The van der Waals surface area contributed by atoms with Crippen LogP contribution in [0.15, 0.2) is 36.9 Å². The van der Waals surface area contributed by atoms with Crippen LogP contribution in [0.25, 0.3) is 6.08 Å². The van der Waals surface area contributed by atoms with E-state index in [2.05, 4.69) is 6.58 Å². The summed E-state index contributed by atoms with van der Waals surface area (Å²) >= 11 is 0. The van der Waals surface area contributed by atoms with Crippen molar-refractivity contribution in [2.75, 3.05) is 14.2 Å². The van der Waals surface area contributed by atoms with E-state index in [0.717, 1.165) is 5.56 Å². The van der Waals surface area contributed by atoms with Gasteiger partial charge in [-0.25, -0.2) is 0 Å². The van der Waals surface area contributed by atoms with Gasteiger partial charge in [0, 0.05) is 0 Å². The van der Waals surface area contributed by atoms with Crippen LogP contribution >= 0.6 is 0 Å². The van der Waals surface area contributed by atoms with Crippen LogP contribution in [0.2, 0.25) is 0 Å². The molecule has 1 aromatic carbocycles. The Balaban J connectivity index is 2.90. The first-order valence-corrected chi connectivity index (χ1v) is 4.92. The van der Waals surface area contributed by atoms with E-state index >= 15 is 0 Å². The fourth-order valence-corrected chi connectivity index (χ4v) is 1.24. The maximum atomic E-state index is 9.29. The van der Waals surface area contributed by atoms with Crippen LogP contribution in [0, 0.1) is 0 Å². The second-order valence-corrected chi connectivity index (χ2v) is 3.20. The Labute approximate surface area is 95.6 Å². The van der Waals surface area contributed by atoms with Crippen LogP contribution < -0.4 is 9.47 Å². The Hall–Kier alpha value is -1.74. The lowest BCUT2D eigenvalue weighted by molar-refractivity contribution is 0.273. The molecule has 1 unspecified atom stereocenters. The molecule has 0 bridgehead atoms. The van der Waals surface area contributed by atoms with Gasteiger partial charge in [-0.15, -0.1) is 6.58 Å². The second kappa shape index (κ2) is 5.98. The van der Waals surface area contributed by atoms with E-state index in [1.807, 2.05) is 18.2 Å². The van der Waals surface area contributed by atoms with E-state index in [1.165, 1.54) is 6.08 Å². The summed E-state index contributed by atoms with van der Waals surface area (Å²) in [6, 6.07) is 5.54. The molecule has 0 aliphatic heterocycles. The lowest BCUT2D eigenvalue weighted by atomic mass is 10.1. The molecule has 1 N–H and O–H groups in total. The number of benzene rings is 1. The van der Waals surface area contributed by atoms with Crippen molar-refractivity contribution < 1.29 is 14.6 Å². The van der Waals surface area contributed by atoms with Crippen LogP contribution in [-0.2, 0) is 0 Å². The summed E-state index contributed by atoms with van der Waals surface area (Å²) in [5.41, 5.74) is 0.929. The molecule has 0 radical (unpaired) electrons. The van der Waals surface area contributed by atoms with Crippen molar-refractivity contribution in [3.05, 3.63) is 42.5 Å². The summed E-state index contributed by atoms with van der Waals surface area (Å²) in [6.45, 7) is 3.49. The largest absolute Gasteiger partial charge is 0.493 e. The number of methoxy groups -OCH3 is 2. The van der Waals surface area contributed by atoms with Gasteiger partial charge in [-0.1, -0.05) is 24.3 Å². The molecule has 0 amide bonds. The van der Waals surface area contributed by atoms with Gasteiger partial charge in [-0.2, -0.15) is 0 Å². The van der Waals surface area contributed by atoms with E-state index in [0.29, 0.717) is 11.5 Å². The van der Waals surface area contributed by atoms with E-state index in [1.54, 1.807) is 26.4 Å². The lowest BCUT2D eigenvalue weighted by Crippen LogP contribution is -1.94. The zero-order chi connectivity index (χ0) is 12.0. The molecule has 1 atom stereocenters. The number of ether oxygens (including phenoxy) is 2. The van der Waals surface area contributed by atoms with Crippen LogP contribution in [-0.4, -0.2) is 25.4 Å². The Morgan fingerprint density at radius 2 is 1.94 bits per heavy atom. The first-order valence-electron chi connectivity index (χ1n) is 4.92. The standard InChI is InChI=1S/C13H16O3/c1-4-11(14)7-5-10-6-8-12(15-2)13(9-10)16-3/h4-9,11,14H,1H2,2-3H3. The van der Waals surface area contributed by atoms with Crippen LogP contribution in [0.3, 0.4) is 0 Å². The van der Waals surface area contributed by atoms with Gasteiger partial charge in [-0.05, 0) is 17.7 Å². The van der Waals surface area contributed by atoms with E-state index in [-0.39, 0.29) is 0 Å². The van der Waals surface area contributed by atoms with Crippen LogP contribution in [0.4, 0.5) is 0 Å². The van der Waals surface area contributed by atoms with Gasteiger partial charge >= 0.3 is 0 Å². The van der Waals surface area contributed by atoms with Gasteiger partial charge < -0.3 is 14.6 Å². The molecule has 3 nitrogen and oxygen atoms in total. The average molecular weight is 220 g/mol. The van der Waals surface area contributed by atoms with Crippen molar-refractivity contribution in [1.29, 1.82) is 0 Å². The summed E-state index contributed by atoms with van der Waals surface area (Å²) in [7, 11) is 3.18. The Morgan fingerprint density at radius 1 is 1.25 bits per heavy atom. The molecule has 0 aromatic heterocycles. The predicted octanol–water partition coefficient (Wildman–Crippen LogP) is 2.26. The van der Waals surface area contributed by atoms with E-state index < -0.39 is 6.10 Å². The quantitative estimate of drug-likeness (QED) is 0.773. The maximum absolute atomic E-state index is 9.29. The third-order valence-corrected chi connectivity index (χ3v) is 2.13. The highest BCUT2D eigenvalue weighted by Gasteiger charge is 2.02. The van der Waals surface area contributed by atoms with Crippen LogP contribution in [0.5, 0.6) is 11.5 Å². The van der Waals surface area contributed by atoms with Crippen molar-refractivity contribution in [2.45, 2.75) is 6.10 Å². The Morgan fingerprint density at radius 3 is 2.50 bits per heavy atom. The molecular weight excluding hydrogens is 204 g/mol. The minimum Gasteiger partial charge on any atom is -0.493 e. The van der Waals surface area contributed by atoms with Gasteiger partial charge in [0.05, 0.1) is 20.3 Å². The molecule has 0 saturated heterocycles. The zero-order valence-corrected chi connectivity index (χ0v) is 9.51. The number of aliphatic hydroxyl groups excluding tert-OH is 1. The summed E-state index contributed by atoms with van der Waals surface area (Å²) < 4.78 is 10.3. The fraction of sp³-hybridized carbons (Fsp3) is 0.231. The van der Waals surface area contributed by atoms with Crippen molar-refractivity contribution in [2.24, 2.45) is 0 Å². The second-order valence-electron chi connectivity index (χ2n) is 3.20. The summed E-state index contributed by atoms with van der Waals surface area (Å²) in [6.07, 6.45) is 4.27. The number of aliphatic hydroxyl groups is 1. The SMILES string of the molecule is C=CC(O)C=Cc1ccc(OC)c(OC)c1. The Kier molecular flexibility index (Phi) is 4.61. The minimum absolute atomic E-state index is 0.631. The minimum atomic E-state index is -0.631. The summed E-state index contributed by atoms with van der Waals surface area (Å²) in [5, 5.41) is 9.29. The predicted molar refractivity (Wildman–Crippen MR) is 64.8 cm³/mol. The third-order valence-electron chi connectivity index (χ3n) is 2.13. The molecule has 1 aromatic rings. The molecule has 16 heavy (non-hydrogen) atoms. The van der Waals surface area contributed by atoms with Crippen LogP contribution in [0.1, 0.15) is 5.56 Å². The third kappa shape index (κ3) is 3.14. The lowest BCUT2D eigenvalue weighted by Gasteiger charge is -2.07. The maximum Gasteiger partial charge on any atom is 0.161 e. The molecular formula is C13H16O3. The highest BCUT2D eigenvalue weighted by atomic mass is 16.5. The molecule has 0 saturated carbocycles. The molecule has 3 heteroatoms. The van der Waals surface area contributed by atoms with Crippen molar-refractivity contribution in [3.63, 3.8) is 0 Å². The van der Waals surface area contributed by atoms with Gasteiger partial charge in [-0.3, -0.25) is 0 Å². The zero-order valence-electron chi connectivity index (χ0n) is 9.51. The van der Waals surface area contributed by atoms with Gasteiger partial charge in [0.2, 0.25) is 0 Å². The molecule has 0 fully saturated rings. The van der Waals surface area contributed by atoms with Crippen molar-refractivity contribution in [3.8, 4) is 11.5 Å². The van der Waals surface area contributed by atoms with Gasteiger partial charge in [0.15, 0.2) is 11.5 Å². The molecule has 0 spiro atoms. The van der Waals surface area contributed by atoms with Gasteiger partial charge in [0.1, 0.15) is 0 Å². The molecule has 0 aliphatic carbocycles. The molecule has 86 valence electrons. The summed E-state index contributed by atoms with van der Waals surface area (Å²) in [5.74, 6) is 1.35.